The van der Waals surface area contributed by atoms with Crippen LogP contribution < -0.4 is 18.9 Å². The van der Waals surface area contributed by atoms with Gasteiger partial charge >= 0.3 is 5.97 Å². The average Bonchev–Trinajstić information content (AvgIpc) is 3.36. The van der Waals surface area contributed by atoms with E-state index in [2.05, 4.69) is 0 Å². The third-order valence-corrected chi connectivity index (χ3v) is 5.67. The molecule has 0 unspecified atom stereocenters. The molecule has 2 heterocycles. The van der Waals surface area contributed by atoms with Crippen molar-refractivity contribution in [2.24, 2.45) is 0 Å². The Morgan fingerprint density at radius 1 is 1.10 bits per heavy atom. The smallest absolute Gasteiger partial charge is 0.316 e. The molecule has 2 aromatic carbocycles. The van der Waals surface area contributed by atoms with Crippen LogP contribution in [0, 0.1) is 6.92 Å². The highest BCUT2D eigenvalue weighted by molar-refractivity contribution is 7.10. The summed E-state index contributed by atoms with van der Waals surface area (Å²) >= 11 is 1.50. The number of hydrogen-bond donors (Lipinski definition) is 0. The van der Waals surface area contributed by atoms with Gasteiger partial charge in [0.15, 0.2) is 5.76 Å². The van der Waals surface area contributed by atoms with Gasteiger partial charge in [0, 0.05) is 16.5 Å². The number of ketones is 1. The van der Waals surface area contributed by atoms with Gasteiger partial charge in [0.05, 0.1) is 26.2 Å². The van der Waals surface area contributed by atoms with E-state index < -0.39 is 0 Å². The number of methoxy groups -OCH3 is 2. The fourth-order valence-corrected chi connectivity index (χ4v) is 4.04. The van der Waals surface area contributed by atoms with E-state index in [0.29, 0.717) is 39.7 Å². The molecule has 1 aliphatic heterocycles. The van der Waals surface area contributed by atoms with Crippen molar-refractivity contribution in [2.45, 2.75) is 13.3 Å². The molecule has 31 heavy (non-hydrogen) atoms. The summed E-state index contributed by atoms with van der Waals surface area (Å²) in [5, 5.41) is 1.91. The molecule has 1 aromatic heterocycles. The largest absolute Gasteiger partial charge is 0.497 e. The number of Topliss-reactive ketones (excluding diaryl/α,β-unsaturated/α-hetero) is 1. The lowest BCUT2D eigenvalue weighted by Gasteiger charge is -2.08. The third kappa shape index (κ3) is 4.32. The second-order valence-corrected chi connectivity index (χ2v) is 7.92. The predicted octanol–water partition coefficient (Wildman–Crippen LogP) is 4.84. The first-order valence-corrected chi connectivity index (χ1v) is 10.4. The molecular weight excluding hydrogens is 416 g/mol. The van der Waals surface area contributed by atoms with Gasteiger partial charge in [-0.05, 0) is 54.3 Å². The Labute approximate surface area is 183 Å². The summed E-state index contributed by atoms with van der Waals surface area (Å²) in [5.41, 5.74) is 1.77. The molecule has 6 nitrogen and oxygen atoms in total. The van der Waals surface area contributed by atoms with Crippen molar-refractivity contribution in [2.75, 3.05) is 14.2 Å². The second kappa shape index (κ2) is 8.65. The van der Waals surface area contributed by atoms with Crippen molar-refractivity contribution < 1.29 is 28.5 Å². The van der Waals surface area contributed by atoms with Gasteiger partial charge in [0.1, 0.15) is 23.0 Å². The Morgan fingerprint density at radius 3 is 2.65 bits per heavy atom. The highest BCUT2D eigenvalue weighted by Crippen LogP contribution is 2.38. The van der Waals surface area contributed by atoms with Crippen molar-refractivity contribution >= 4 is 29.2 Å². The van der Waals surface area contributed by atoms with Gasteiger partial charge in [-0.15, -0.1) is 11.3 Å². The summed E-state index contributed by atoms with van der Waals surface area (Å²) in [4.78, 5) is 26.1. The molecule has 0 fully saturated rings. The summed E-state index contributed by atoms with van der Waals surface area (Å²) in [6.07, 6.45) is 1.81. The minimum Gasteiger partial charge on any atom is -0.497 e. The van der Waals surface area contributed by atoms with Gasteiger partial charge in [0.2, 0.25) is 5.78 Å². The number of aryl methyl sites for hydroxylation is 1. The van der Waals surface area contributed by atoms with Crippen LogP contribution in [0.4, 0.5) is 0 Å². The Balaban J connectivity index is 1.60. The van der Waals surface area contributed by atoms with Crippen molar-refractivity contribution in [3.8, 4) is 23.0 Å². The lowest BCUT2D eigenvalue weighted by molar-refractivity contribution is -0.133. The quantitative estimate of drug-likeness (QED) is 0.313. The number of rotatable bonds is 6. The van der Waals surface area contributed by atoms with Crippen LogP contribution in [-0.4, -0.2) is 26.0 Å². The molecule has 4 rings (SSSR count). The topological polar surface area (TPSA) is 71.1 Å². The van der Waals surface area contributed by atoms with E-state index in [0.717, 1.165) is 4.88 Å². The minimum atomic E-state index is -0.372. The number of thiophene rings is 1. The van der Waals surface area contributed by atoms with Crippen LogP contribution in [0.1, 0.15) is 26.4 Å². The molecule has 0 aliphatic carbocycles. The first kappa shape index (κ1) is 20.7. The molecule has 0 radical (unpaired) electrons. The highest BCUT2D eigenvalue weighted by atomic mass is 32.1. The van der Waals surface area contributed by atoms with E-state index in [1.165, 1.54) is 11.3 Å². The van der Waals surface area contributed by atoms with Gasteiger partial charge in [0.25, 0.3) is 0 Å². The van der Waals surface area contributed by atoms with E-state index in [4.69, 9.17) is 18.9 Å². The Bertz CT molecular complexity index is 1180. The average molecular weight is 436 g/mol. The monoisotopic (exact) mass is 436 g/mol. The van der Waals surface area contributed by atoms with E-state index in [-0.39, 0.29) is 23.9 Å². The summed E-state index contributed by atoms with van der Waals surface area (Å²) < 4.78 is 21.9. The molecule has 0 bridgehead atoms. The van der Waals surface area contributed by atoms with Crippen LogP contribution in [0.25, 0.3) is 6.08 Å². The number of hydrogen-bond acceptors (Lipinski definition) is 7. The normalized spacial score (nSPS) is 13.6. The summed E-state index contributed by atoms with van der Waals surface area (Å²) in [7, 11) is 3.12. The van der Waals surface area contributed by atoms with Crippen LogP contribution in [0.5, 0.6) is 23.0 Å². The van der Waals surface area contributed by atoms with Crippen LogP contribution >= 0.6 is 11.3 Å². The number of benzene rings is 2. The lowest BCUT2D eigenvalue weighted by atomic mass is 10.0. The molecule has 3 aromatic rings. The summed E-state index contributed by atoms with van der Waals surface area (Å²) in [6, 6.07) is 12.3. The molecule has 0 saturated carbocycles. The fraction of sp³-hybridized carbons (Fsp3) is 0.167. The van der Waals surface area contributed by atoms with Crippen molar-refractivity contribution in [1.82, 2.24) is 0 Å². The van der Waals surface area contributed by atoms with Crippen LogP contribution in [0.15, 0.2) is 53.6 Å². The summed E-state index contributed by atoms with van der Waals surface area (Å²) in [6.45, 7) is 1.78. The van der Waals surface area contributed by atoms with Gasteiger partial charge < -0.3 is 18.9 Å². The number of carbonyl (C=O) groups is 2. The number of ether oxygens (including phenoxy) is 4. The molecular formula is C24H20O6S. The molecule has 0 amide bonds. The number of fused-ring (bicyclic) bond motifs is 1. The lowest BCUT2D eigenvalue weighted by Crippen LogP contribution is -2.10. The van der Waals surface area contributed by atoms with E-state index in [1.807, 2.05) is 17.5 Å². The van der Waals surface area contributed by atoms with Crippen LogP contribution in [0.3, 0.4) is 0 Å². The Kier molecular flexibility index (Phi) is 5.77. The maximum Gasteiger partial charge on any atom is 0.316 e. The summed E-state index contributed by atoms with van der Waals surface area (Å²) in [5.74, 6) is 1.46. The van der Waals surface area contributed by atoms with Crippen LogP contribution in [-0.2, 0) is 11.2 Å². The SMILES string of the molecule is COc1ccc(OC)c(/C=C2\Oc3cc(OC(=O)Cc4cccs4)cc(C)c3C2=O)c1. The first-order valence-electron chi connectivity index (χ1n) is 9.52. The van der Waals surface area contributed by atoms with Gasteiger partial charge in [-0.2, -0.15) is 0 Å². The van der Waals surface area contributed by atoms with E-state index >= 15 is 0 Å². The van der Waals surface area contributed by atoms with Gasteiger partial charge in [-0.3, -0.25) is 9.59 Å². The standard InChI is InChI=1S/C24H20O6S/c1-14-9-17(29-22(25)13-18-5-4-8-31-18)12-20-23(14)24(26)21(30-20)11-15-10-16(27-2)6-7-19(15)28-3/h4-12H,13H2,1-3H3/b21-11-. The van der Waals surface area contributed by atoms with E-state index in [1.54, 1.807) is 57.6 Å². The van der Waals surface area contributed by atoms with Gasteiger partial charge in [-0.25, -0.2) is 0 Å². The fourth-order valence-electron chi connectivity index (χ4n) is 3.35. The molecule has 1 aliphatic rings. The van der Waals surface area contributed by atoms with Crippen molar-refractivity contribution in [1.29, 1.82) is 0 Å². The highest BCUT2D eigenvalue weighted by Gasteiger charge is 2.30. The number of allylic oxidation sites excluding steroid dienone is 1. The van der Waals surface area contributed by atoms with Crippen molar-refractivity contribution in [3.63, 3.8) is 0 Å². The molecule has 0 saturated heterocycles. The second-order valence-electron chi connectivity index (χ2n) is 6.89. The van der Waals surface area contributed by atoms with Crippen molar-refractivity contribution in [3.05, 3.63) is 75.2 Å². The molecule has 0 spiro atoms. The molecule has 0 N–H and O–H groups in total. The molecule has 7 heteroatoms. The molecule has 158 valence electrons. The number of esters is 1. The number of carbonyl (C=O) groups excluding carboxylic acids is 2. The maximum atomic E-state index is 12.9. The zero-order valence-corrected chi connectivity index (χ0v) is 18.1. The predicted molar refractivity (Wildman–Crippen MR) is 117 cm³/mol. The Hall–Kier alpha value is -3.58. The zero-order chi connectivity index (χ0) is 22.0. The minimum absolute atomic E-state index is 0.159. The maximum absolute atomic E-state index is 12.9. The third-order valence-electron chi connectivity index (χ3n) is 4.80. The first-order chi connectivity index (χ1) is 15.0. The van der Waals surface area contributed by atoms with Crippen LogP contribution in [0.2, 0.25) is 0 Å². The van der Waals surface area contributed by atoms with E-state index in [9.17, 15) is 9.59 Å². The molecule has 0 atom stereocenters. The Morgan fingerprint density at radius 2 is 1.94 bits per heavy atom. The zero-order valence-electron chi connectivity index (χ0n) is 17.3. The van der Waals surface area contributed by atoms with Gasteiger partial charge in [-0.1, -0.05) is 6.07 Å².